The number of nitrogens with zero attached hydrogens (tertiary/aromatic N) is 3. The molecule has 0 spiro atoms. The van der Waals surface area contributed by atoms with Gasteiger partial charge in [0.05, 0.1) is 17.6 Å². The summed E-state index contributed by atoms with van der Waals surface area (Å²) in [7, 11) is 0. The molecule has 2 aromatic rings. The van der Waals surface area contributed by atoms with Crippen molar-refractivity contribution in [1.29, 1.82) is 0 Å². The molecule has 1 aromatic heterocycles. The summed E-state index contributed by atoms with van der Waals surface area (Å²) in [5, 5.41) is 0. The molecule has 0 aliphatic carbocycles. The highest BCUT2D eigenvalue weighted by molar-refractivity contribution is 5.78. The molecule has 0 saturated carbocycles. The van der Waals surface area contributed by atoms with Crippen molar-refractivity contribution >= 4 is 16.9 Å². The van der Waals surface area contributed by atoms with Crippen LogP contribution in [0, 0.1) is 0 Å². The topological polar surface area (TPSA) is 87.4 Å². The Bertz CT molecular complexity index is 826. The molecule has 2 aliphatic rings. The SMILES string of the molecule is NC1CCN(CC(=O)N2CCC(n3c(=O)[nH]c4ccccc43)CC2)CC1. The number of para-hydroxylation sites is 2. The maximum Gasteiger partial charge on any atom is 0.326 e. The van der Waals surface area contributed by atoms with Crippen molar-refractivity contribution < 1.29 is 4.79 Å². The predicted octanol–water partition coefficient (Wildman–Crippen LogP) is 0.916. The molecule has 26 heavy (non-hydrogen) atoms. The van der Waals surface area contributed by atoms with Gasteiger partial charge in [-0.05, 0) is 37.8 Å². The first-order chi connectivity index (χ1) is 12.6. The van der Waals surface area contributed by atoms with Crippen LogP contribution in [0.4, 0.5) is 0 Å². The standard InChI is InChI=1S/C19H27N5O2/c20-14-5-9-22(10-6-14)13-18(25)23-11-7-15(8-12-23)24-17-4-2-1-3-16(17)21-19(24)26/h1-4,14-15H,5-13,20H2,(H,21,26). The average molecular weight is 357 g/mol. The summed E-state index contributed by atoms with van der Waals surface area (Å²) in [4.78, 5) is 32.0. The molecule has 2 saturated heterocycles. The van der Waals surface area contributed by atoms with Crippen LogP contribution in [-0.4, -0.2) is 64.0 Å². The van der Waals surface area contributed by atoms with Gasteiger partial charge in [-0.2, -0.15) is 0 Å². The molecular weight excluding hydrogens is 330 g/mol. The minimum Gasteiger partial charge on any atom is -0.341 e. The smallest absolute Gasteiger partial charge is 0.326 e. The van der Waals surface area contributed by atoms with Gasteiger partial charge in [0.15, 0.2) is 0 Å². The maximum absolute atomic E-state index is 12.6. The number of piperidine rings is 2. The Balaban J connectivity index is 1.37. The van der Waals surface area contributed by atoms with Gasteiger partial charge in [0.25, 0.3) is 0 Å². The van der Waals surface area contributed by atoms with Crippen molar-refractivity contribution in [3.05, 3.63) is 34.7 Å². The van der Waals surface area contributed by atoms with Crippen LogP contribution in [0.2, 0.25) is 0 Å². The molecule has 7 heteroatoms. The Morgan fingerprint density at radius 3 is 2.50 bits per heavy atom. The normalized spacial score (nSPS) is 20.7. The number of carbonyl (C=O) groups is 1. The van der Waals surface area contributed by atoms with E-state index < -0.39 is 0 Å². The Morgan fingerprint density at radius 1 is 1.08 bits per heavy atom. The zero-order valence-electron chi connectivity index (χ0n) is 15.1. The third-order valence-electron chi connectivity index (χ3n) is 5.80. The second kappa shape index (κ2) is 7.25. The van der Waals surface area contributed by atoms with Crippen LogP contribution < -0.4 is 11.4 Å². The molecule has 0 radical (unpaired) electrons. The molecule has 2 fully saturated rings. The predicted molar refractivity (Wildman–Crippen MR) is 101 cm³/mol. The molecule has 0 atom stereocenters. The lowest BCUT2D eigenvalue weighted by Gasteiger charge is -2.35. The van der Waals surface area contributed by atoms with E-state index in [1.165, 1.54) is 0 Å². The highest BCUT2D eigenvalue weighted by atomic mass is 16.2. The van der Waals surface area contributed by atoms with Gasteiger partial charge in [-0.25, -0.2) is 4.79 Å². The molecule has 1 amide bonds. The number of fused-ring (bicyclic) bond motifs is 1. The Labute approximate surface area is 152 Å². The van der Waals surface area contributed by atoms with Gasteiger partial charge in [-0.3, -0.25) is 14.3 Å². The molecule has 0 unspecified atom stereocenters. The number of aromatic amines is 1. The van der Waals surface area contributed by atoms with Crippen molar-refractivity contribution in [3.8, 4) is 0 Å². The number of benzene rings is 1. The lowest BCUT2D eigenvalue weighted by atomic mass is 10.0. The van der Waals surface area contributed by atoms with Gasteiger partial charge in [-0.1, -0.05) is 12.1 Å². The minimum absolute atomic E-state index is 0.0550. The Morgan fingerprint density at radius 2 is 1.77 bits per heavy atom. The van der Waals surface area contributed by atoms with Crippen molar-refractivity contribution in [3.63, 3.8) is 0 Å². The number of hydrogen-bond acceptors (Lipinski definition) is 4. The van der Waals surface area contributed by atoms with Gasteiger partial charge in [0.2, 0.25) is 5.91 Å². The summed E-state index contributed by atoms with van der Waals surface area (Å²) in [6.45, 7) is 3.73. The van der Waals surface area contributed by atoms with Crippen LogP contribution in [0.15, 0.2) is 29.1 Å². The molecular formula is C19H27N5O2. The van der Waals surface area contributed by atoms with E-state index in [0.29, 0.717) is 19.6 Å². The largest absolute Gasteiger partial charge is 0.341 e. The van der Waals surface area contributed by atoms with E-state index in [4.69, 9.17) is 5.73 Å². The third kappa shape index (κ3) is 3.41. The molecule has 140 valence electrons. The number of carbonyl (C=O) groups excluding carboxylic acids is 1. The van der Waals surface area contributed by atoms with Gasteiger partial charge >= 0.3 is 5.69 Å². The fraction of sp³-hybridized carbons (Fsp3) is 0.579. The number of imidazole rings is 1. The number of aromatic nitrogens is 2. The molecule has 2 aliphatic heterocycles. The molecule has 1 aromatic carbocycles. The highest BCUT2D eigenvalue weighted by Crippen LogP contribution is 2.25. The fourth-order valence-electron chi connectivity index (χ4n) is 4.21. The number of hydrogen-bond donors (Lipinski definition) is 2. The number of H-pyrrole nitrogens is 1. The van der Waals surface area contributed by atoms with E-state index in [9.17, 15) is 9.59 Å². The summed E-state index contributed by atoms with van der Waals surface area (Å²) in [5.41, 5.74) is 7.70. The van der Waals surface area contributed by atoms with E-state index in [1.54, 1.807) is 0 Å². The molecule has 3 N–H and O–H groups in total. The Hall–Kier alpha value is -2.12. The van der Waals surface area contributed by atoms with E-state index >= 15 is 0 Å². The van der Waals surface area contributed by atoms with Crippen LogP contribution in [-0.2, 0) is 4.79 Å². The van der Waals surface area contributed by atoms with Gasteiger partial charge in [-0.15, -0.1) is 0 Å². The zero-order chi connectivity index (χ0) is 18.1. The van der Waals surface area contributed by atoms with Crippen molar-refractivity contribution in [2.45, 2.75) is 37.8 Å². The van der Waals surface area contributed by atoms with Crippen LogP contribution in [0.5, 0.6) is 0 Å². The van der Waals surface area contributed by atoms with Crippen LogP contribution in [0.25, 0.3) is 11.0 Å². The number of nitrogens with two attached hydrogens (primary N) is 1. The quantitative estimate of drug-likeness (QED) is 0.855. The van der Waals surface area contributed by atoms with Gasteiger partial charge in [0.1, 0.15) is 0 Å². The van der Waals surface area contributed by atoms with Gasteiger partial charge < -0.3 is 15.6 Å². The summed E-state index contributed by atoms with van der Waals surface area (Å²) >= 11 is 0. The zero-order valence-corrected chi connectivity index (χ0v) is 15.1. The van der Waals surface area contributed by atoms with E-state index in [-0.39, 0.29) is 23.7 Å². The van der Waals surface area contributed by atoms with Crippen LogP contribution >= 0.6 is 0 Å². The molecule has 4 rings (SSSR count). The number of nitrogens with one attached hydrogen (secondary N) is 1. The highest BCUT2D eigenvalue weighted by Gasteiger charge is 2.27. The summed E-state index contributed by atoms with van der Waals surface area (Å²) < 4.78 is 1.86. The first-order valence-electron chi connectivity index (χ1n) is 9.57. The van der Waals surface area contributed by atoms with Crippen LogP contribution in [0.3, 0.4) is 0 Å². The summed E-state index contributed by atoms with van der Waals surface area (Å²) in [5.74, 6) is 0.199. The lowest BCUT2D eigenvalue weighted by molar-refractivity contribution is -0.134. The molecule has 7 nitrogen and oxygen atoms in total. The summed E-state index contributed by atoms with van der Waals surface area (Å²) in [6, 6.07) is 8.22. The minimum atomic E-state index is -0.0550. The van der Waals surface area contributed by atoms with Crippen molar-refractivity contribution in [2.75, 3.05) is 32.7 Å². The first-order valence-corrected chi connectivity index (χ1v) is 9.57. The lowest BCUT2D eigenvalue weighted by Crippen LogP contribution is -2.48. The maximum atomic E-state index is 12.6. The van der Waals surface area contributed by atoms with Crippen molar-refractivity contribution in [2.24, 2.45) is 5.73 Å². The first kappa shape index (κ1) is 17.3. The molecule has 3 heterocycles. The summed E-state index contributed by atoms with van der Waals surface area (Å²) in [6.07, 6.45) is 3.58. The Kier molecular flexibility index (Phi) is 4.82. The second-order valence-corrected chi connectivity index (χ2v) is 7.54. The third-order valence-corrected chi connectivity index (χ3v) is 5.80. The molecule has 0 bridgehead atoms. The second-order valence-electron chi connectivity index (χ2n) is 7.54. The van der Waals surface area contributed by atoms with E-state index in [0.717, 1.165) is 49.8 Å². The average Bonchev–Trinajstić information content (AvgIpc) is 2.99. The number of likely N-dealkylation sites (tertiary alicyclic amines) is 2. The fourth-order valence-corrected chi connectivity index (χ4v) is 4.21. The van der Waals surface area contributed by atoms with E-state index in [1.807, 2.05) is 33.7 Å². The number of amides is 1. The van der Waals surface area contributed by atoms with Gasteiger partial charge in [0, 0.05) is 38.3 Å². The number of rotatable bonds is 3. The van der Waals surface area contributed by atoms with E-state index in [2.05, 4.69) is 9.88 Å². The monoisotopic (exact) mass is 357 g/mol. The van der Waals surface area contributed by atoms with Crippen LogP contribution in [0.1, 0.15) is 31.7 Å². The van der Waals surface area contributed by atoms with Crippen molar-refractivity contribution in [1.82, 2.24) is 19.4 Å².